The summed E-state index contributed by atoms with van der Waals surface area (Å²) >= 11 is 0. The molecule has 3 rings (SSSR count). The third kappa shape index (κ3) is 2.81. The molecule has 0 amide bonds. The van der Waals surface area contributed by atoms with E-state index in [-0.39, 0.29) is 6.61 Å². The SMILES string of the molecule is COc1ccc2c(N(CCCO)C3CCC3)nccc2c1. The van der Waals surface area contributed by atoms with E-state index >= 15 is 0 Å². The zero-order valence-corrected chi connectivity index (χ0v) is 12.5. The first-order chi connectivity index (χ1) is 10.3. The zero-order chi connectivity index (χ0) is 14.7. The number of hydrogen-bond donors (Lipinski definition) is 1. The van der Waals surface area contributed by atoms with E-state index in [1.807, 2.05) is 24.4 Å². The number of pyridine rings is 1. The van der Waals surface area contributed by atoms with Gasteiger partial charge in [0, 0.05) is 30.8 Å². The van der Waals surface area contributed by atoms with Crippen molar-refractivity contribution in [2.75, 3.05) is 25.2 Å². The van der Waals surface area contributed by atoms with Crippen molar-refractivity contribution in [3.8, 4) is 5.75 Å². The van der Waals surface area contributed by atoms with Crippen LogP contribution in [0.4, 0.5) is 5.82 Å². The van der Waals surface area contributed by atoms with E-state index in [2.05, 4.69) is 16.0 Å². The fourth-order valence-electron chi connectivity index (χ4n) is 2.90. The molecule has 4 heteroatoms. The van der Waals surface area contributed by atoms with Crippen LogP contribution in [0, 0.1) is 0 Å². The minimum absolute atomic E-state index is 0.224. The van der Waals surface area contributed by atoms with Gasteiger partial charge in [-0.05, 0) is 55.3 Å². The molecule has 0 atom stereocenters. The Bertz CT molecular complexity index is 611. The van der Waals surface area contributed by atoms with Gasteiger partial charge < -0.3 is 14.7 Å². The van der Waals surface area contributed by atoms with Crippen LogP contribution in [0.25, 0.3) is 10.8 Å². The molecule has 0 spiro atoms. The van der Waals surface area contributed by atoms with Crippen LogP contribution in [0.1, 0.15) is 25.7 Å². The second-order valence-electron chi connectivity index (χ2n) is 5.58. The van der Waals surface area contributed by atoms with Gasteiger partial charge >= 0.3 is 0 Å². The van der Waals surface area contributed by atoms with E-state index in [0.717, 1.165) is 35.3 Å². The number of ether oxygens (including phenoxy) is 1. The molecule has 4 nitrogen and oxygen atoms in total. The number of aliphatic hydroxyl groups is 1. The molecule has 2 aromatic rings. The van der Waals surface area contributed by atoms with Crippen LogP contribution >= 0.6 is 0 Å². The summed E-state index contributed by atoms with van der Waals surface area (Å²) in [6.07, 6.45) is 6.38. The minimum atomic E-state index is 0.224. The number of methoxy groups -OCH3 is 1. The van der Waals surface area contributed by atoms with Crippen molar-refractivity contribution in [3.05, 3.63) is 30.5 Å². The van der Waals surface area contributed by atoms with Gasteiger partial charge in [0.15, 0.2) is 0 Å². The lowest BCUT2D eigenvalue weighted by Crippen LogP contribution is -2.41. The Balaban J connectivity index is 1.99. The predicted octanol–water partition coefficient (Wildman–Crippen LogP) is 2.98. The molecule has 1 aliphatic carbocycles. The number of fused-ring (bicyclic) bond motifs is 1. The van der Waals surface area contributed by atoms with Gasteiger partial charge in [0.2, 0.25) is 0 Å². The smallest absolute Gasteiger partial charge is 0.136 e. The number of rotatable bonds is 6. The molecular formula is C17H22N2O2. The van der Waals surface area contributed by atoms with Crippen LogP contribution < -0.4 is 9.64 Å². The topological polar surface area (TPSA) is 45.6 Å². The highest BCUT2D eigenvalue weighted by Gasteiger charge is 2.26. The first-order valence-electron chi connectivity index (χ1n) is 7.63. The van der Waals surface area contributed by atoms with Crippen molar-refractivity contribution >= 4 is 16.6 Å². The van der Waals surface area contributed by atoms with Crippen LogP contribution in [0.15, 0.2) is 30.5 Å². The van der Waals surface area contributed by atoms with Gasteiger partial charge in [-0.1, -0.05) is 0 Å². The van der Waals surface area contributed by atoms with E-state index in [1.54, 1.807) is 7.11 Å². The Morgan fingerprint density at radius 3 is 2.86 bits per heavy atom. The van der Waals surface area contributed by atoms with Gasteiger partial charge in [0.25, 0.3) is 0 Å². The number of aromatic nitrogens is 1. The minimum Gasteiger partial charge on any atom is -0.497 e. The molecule has 0 unspecified atom stereocenters. The van der Waals surface area contributed by atoms with E-state index in [1.165, 1.54) is 19.3 Å². The monoisotopic (exact) mass is 286 g/mol. The molecule has 1 aliphatic rings. The number of hydrogen-bond acceptors (Lipinski definition) is 4. The second-order valence-corrected chi connectivity index (χ2v) is 5.58. The fraction of sp³-hybridized carbons (Fsp3) is 0.471. The molecule has 0 aliphatic heterocycles. The molecule has 112 valence electrons. The second kappa shape index (κ2) is 6.31. The molecule has 0 saturated heterocycles. The Labute approximate surface area is 125 Å². The maximum atomic E-state index is 9.15. The Hall–Kier alpha value is -1.81. The quantitative estimate of drug-likeness (QED) is 0.886. The number of nitrogens with zero attached hydrogens (tertiary/aromatic N) is 2. The van der Waals surface area contributed by atoms with Crippen LogP contribution in [0.2, 0.25) is 0 Å². The van der Waals surface area contributed by atoms with Crippen molar-refractivity contribution < 1.29 is 9.84 Å². The molecular weight excluding hydrogens is 264 g/mol. The van der Waals surface area contributed by atoms with Gasteiger partial charge in [-0.2, -0.15) is 0 Å². The summed E-state index contributed by atoms with van der Waals surface area (Å²) in [6, 6.07) is 8.70. The van der Waals surface area contributed by atoms with E-state index < -0.39 is 0 Å². The van der Waals surface area contributed by atoms with Crippen LogP contribution in [-0.4, -0.2) is 36.4 Å². The number of anilines is 1. The van der Waals surface area contributed by atoms with Gasteiger partial charge in [-0.3, -0.25) is 0 Å². The lowest BCUT2D eigenvalue weighted by molar-refractivity contribution is 0.282. The summed E-state index contributed by atoms with van der Waals surface area (Å²) in [5, 5.41) is 11.5. The fourth-order valence-corrected chi connectivity index (χ4v) is 2.90. The third-order valence-electron chi connectivity index (χ3n) is 4.30. The lowest BCUT2D eigenvalue weighted by Gasteiger charge is -2.39. The molecule has 0 radical (unpaired) electrons. The summed E-state index contributed by atoms with van der Waals surface area (Å²) in [5.74, 6) is 1.90. The summed E-state index contributed by atoms with van der Waals surface area (Å²) in [7, 11) is 1.69. The first-order valence-corrected chi connectivity index (χ1v) is 7.63. The molecule has 21 heavy (non-hydrogen) atoms. The molecule has 1 N–H and O–H groups in total. The van der Waals surface area contributed by atoms with Gasteiger partial charge in [-0.15, -0.1) is 0 Å². The van der Waals surface area contributed by atoms with Gasteiger partial charge in [-0.25, -0.2) is 4.98 Å². The Kier molecular flexibility index (Phi) is 4.25. The molecule has 1 aromatic carbocycles. The zero-order valence-electron chi connectivity index (χ0n) is 12.5. The summed E-state index contributed by atoms with van der Waals surface area (Å²) in [6.45, 7) is 1.08. The van der Waals surface area contributed by atoms with Crippen molar-refractivity contribution in [2.24, 2.45) is 0 Å². The van der Waals surface area contributed by atoms with Gasteiger partial charge in [0.05, 0.1) is 7.11 Å². The normalized spacial score (nSPS) is 15.0. The Morgan fingerprint density at radius 2 is 2.19 bits per heavy atom. The van der Waals surface area contributed by atoms with Crippen LogP contribution in [-0.2, 0) is 0 Å². The average molecular weight is 286 g/mol. The highest BCUT2D eigenvalue weighted by atomic mass is 16.5. The average Bonchev–Trinajstić information content (AvgIpc) is 2.48. The largest absolute Gasteiger partial charge is 0.497 e. The third-order valence-corrected chi connectivity index (χ3v) is 4.30. The molecule has 1 aromatic heterocycles. The van der Waals surface area contributed by atoms with E-state index in [0.29, 0.717) is 6.04 Å². The Morgan fingerprint density at radius 1 is 1.33 bits per heavy atom. The van der Waals surface area contributed by atoms with Crippen molar-refractivity contribution in [1.29, 1.82) is 0 Å². The molecule has 0 bridgehead atoms. The van der Waals surface area contributed by atoms with Crippen molar-refractivity contribution in [2.45, 2.75) is 31.7 Å². The summed E-state index contributed by atoms with van der Waals surface area (Å²) in [4.78, 5) is 6.99. The first kappa shape index (κ1) is 14.1. The molecule has 1 heterocycles. The van der Waals surface area contributed by atoms with Crippen molar-refractivity contribution in [1.82, 2.24) is 4.98 Å². The van der Waals surface area contributed by atoms with Crippen molar-refractivity contribution in [3.63, 3.8) is 0 Å². The summed E-state index contributed by atoms with van der Waals surface area (Å²) in [5.41, 5.74) is 0. The number of benzene rings is 1. The highest BCUT2D eigenvalue weighted by Crippen LogP contribution is 2.33. The predicted molar refractivity (Wildman–Crippen MR) is 85.0 cm³/mol. The molecule has 1 fully saturated rings. The lowest BCUT2D eigenvalue weighted by atomic mass is 9.91. The van der Waals surface area contributed by atoms with Crippen LogP contribution in [0.3, 0.4) is 0 Å². The van der Waals surface area contributed by atoms with E-state index in [9.17, 15) is 0 Å². The van der Waals surface area contributed by atoms with E-state index in [4.69, 9.17) is 9.84 Å². The standard InChI is InChI=1S/C17H22N2O2/c1-21-15-6-7-16-13(12-15)8-9-18-17(16)19(10-3-11-20)14-4-2-5-14/h6-9,12,14,20H,2-5,10-11H2,1H3. The summed E-state index contributed by atoms with van der Waals surface area (Å²) < 4.78 is 5.30. The van der Waals surface area contributed by atoms with Crippen LogP contribution in [0.5, 0.6) is 5.75 Å². The molecule has 1 saturated carbocycles. The number of aliphatic hydroxyl groups excluding tert-OH is 1. The highest BCUT2D eigenvalue weighted by molar-refractivity contribution is 5.93. The van der Waals surface area contributed by atoms with Gasteiger partial charge in [0.1, 0.15) is 11.6 Å². The maximum absolute atomic E-state index is 9.15. The maximum Gasteiger partial charge on any atom is 0.136 e.